The summed E-state index contributed by atoms with van der Waals surface area (Å²) in [5, 5.41) is 5.36. The third kappa shape index (κ3) is 4.59. The molecular formula is C12H18FN3O2S. The van der Waals surface area contributed by atoms with Crippen molar-refractivity contribution in [2.45, 2.75) is 19.1 Å². The van der Waals surface area contributed by atoms with E-state index in [0.29, 0.717) is 12.4 Å². The van der Waals surface area contributed by atoms with Crippen LogP contribution in [0.25, 0.3) is 0 Å². The van der Waals surface area contributed by atoms with Gasteiger partial charge < -0.3 is 10.6 Å². The van der Waals surface area contributed by atoms with Crippen molar-refractivity contribution in [3.8, 4) is 0 Å². The van der Waals surface area contributed by atoms with Crippen LogP contribution in [0.5, 0.6) is 0 Å². The first kappa shape index (κ1) is 15.6. The molecule has 1 amide bonds. The predicted molar refractivity (Wildman–Crippen MR) is 74.2 cm³/mol. The van der Waals surface area contributed by atoms with E-state index in [4.69, 9.17) is 0 Å². The Labute approximate surface area is 114 Å². The standard InChI is InChI=1S/C12H18FN3O2S/c1-4-14-11-10(5-9(13)7-15-11)12(17)16-6-8(2)19(3)18/h5,7-8H,4,6H2,1-3H3,(H,14,15)(H,16,17). The summed E-state index contributed by atoms with van der Waals surface area (Å²) in [7, 11) is -1.02. The topological polar surface area (TPSA) is 71.1 Å². The van der Waals surface area contributed by atoms with Crippen LogP contribution in [-0.4, -0.2) is 39.7 Å². The molecular weight excluding hydrogens is 269 g/mol. The molecule has 19 heavy (non-hydrogen) atoms. The molecule has 1 aromatic heterocycles. The second kappa shape index (κ2) is 7.18. The molecule has 106 valence electrons. The Kier molecular flexibility index (Phi) is 5.88. The number of carbonyl (C=O) groups excluding carboxylic acids is 1. The first-order chi connectivity index (χ1) is 8.95. The van der Waals surface area contributed by atoms with E-state index < -0.39 is 22.5 Å². The van der Waals surface area contributed by atoms with Crippen LogP contribution in [0.1, 0.15) is 24.2 Å². The summed E-state index contributed by atoms with van der Waals surface area (Å²) >= 11 is 0. The third-order valence-corrected chi connectivity index (χ3v) is 3.86. The fraction of sp³-hybridized carbons (Fsp3) is 0.500. The van der Waals surface area contributed by atoms with Gasteiger partial charge in [-0.05, 0) is 19.9 Å². The van der Waals surface area contributed by atoms with E-state index >= 15 is 0 Å². The maximum Gasteiger partial charge on any atom is 0.255 e. The third-order valence-electron chi connectivity index (χ3n) is 2.56. The Morgan fingerprint density at radius 3 is 2.84 bits per heavy atom. The van der Waals surface area contributed by atoms with Crippen LogP contribution in [0.2, 0.25) is 0 Å². The molecule has 1 heterocycles. The summed E-state index contributed by atoms with van der Waals surface area (Å²) in [6.07, 6.45) is 2.63. The van der Waals surface area contributed by atoms with Gasteiger partial charge in [-0.1, -0.05) is 0 Å². The normalized spacial score (nSPS) is 13.7. The van der Waals surface area contributed by atoms with Gasteiger partial charge in [0.1, 0.15) is 11.6 Å². The minimum Gasteiger partial charge on any atom is -0.370 e. The van der Waals surface area contributed by atoms with Gasteiger partial charge >= 0.3 is 0 Å². The van der Waals surface area contributed by atoms with Crippen molar-refractivity contribution in [2.75, 3.05) is 24.7 Å². The summed E-state index contributed by atoms with van der Waals surface area (Å²) < 4.78 is 24.3. The zero-order valence-corrected chi connectivity index (χ0v) is 12.0. The number of hydrogen-bond acceptors (Lipinski definition) is 4. The number of nitrogens with one attached hydrogen (secondary N) is 2. The van der Waals surface area contributed by atoms with E-state index in [9.17, 15) is 13.4 Å². The van der Waals surface area contributed by atoms with Gasteiger partial charge in [0.05, 0.1) is 11.8 Å². The summed E-state index contributed by atoms with van der Waals surface area (Å²) in [5.74, 6) is -0.661. The lowest BCUT2D eigenvalue weighted by Gasteiger charge is -2.12. The summed E-state index contributed by atoms with van der Waals surface area (Å²) in [6, 6.07) is 1.13. The molecule has 0 saturated heterocycles. The molecule has 0 aliphatic heterocycles. The van der Waals surface area contributed by atoms with Gasteiger partial charge in [-0.3, -0.25) is 9.00 Å². The first-order valence-corrected chi connectivity index (χ1v) is 7.57. The van der Waals surface area contributed by atoms with Gasteiger partial charge in [-0.2, -0.15) is 0 Å². The van der Waals surface area contributed by atoms with Crippen molar-refractivity contribution in [2.24, 2.45) is 0 Å². The Bertz CT molecular complexity index is 482. The maximum absolute atomic E-state index is 13.2. The molecule has 1 rings (SSSR count). The van der Waals surface area contributed by atoms with Crippen molar-refractivity contribution in [1.29, 1.82) is 0 Å². The second-order valence-corrected chi connectivity index (χ2v) is 5.90. The van der Waals surface area contributed by atoms with Gasteiger partial charge in [-0.15, -0.1) is 0 Å². The molecule has 0 bridgehead atoms. The van der Waals surface area contributed by atoms with Crippen LogP contribution in [0.3, 0.4) is 0 Å². The Morgan fingerprint density at radius 1 is 1.58 bits per heavy atom. The molecule has 0 spiro atoms. The van der Waals surface area contributed by atoms with E-state index in [1.165, 1.54) is 0 Å². The number of hydrogen-bond donors (Lipinski definition) is 2. The molecule has 0 fully saturated rings. The van der Waals surface area contributed by atoms with Gasteiger partial charge in [0.2, 0.25) is 0 Å². The number of rotatable bonds is 6. The molecule has 7 heteroatoms. The monoisotopic (exact) mass is 287 g/mol. The highest BCUT2D eigenvalue weighted by atomic mass is 32.2. The van der Waals surface area contributed by atoms with Crippen molar-refractivity contribution in [1.82, 2.24) is 10.3 Å². The van der Waals surface area contributed by atoms with E-state index in [0.717, 1.165) is 12.3 Å². The predicted octanol–water partition coefficient (Wildman–Crippen LogP) is 1.15. The number of halogens is 1. The zero-order chi connectivity index (χ0) is 14.4. The molecule has 1 aromatic rings. The Morgan fingerprint density at radius 2 is 2.26 bits per heavy atom. The SMILES string of the molecule is CCNc1ncc(F)cc1C(=O)NCC(C)S(C)=O. The number of carbonyl (C=O) groups is 1. The average molecular weight is 287 g/mol. The number of aromatic nitrogens is 1. The summed E-state index contributed by atoms with van der Waals surface area (Å²) in [6.45, 7) is 4.47. The fourth-order valence-corrected chi connectivity index (χ4v) is 1.69. The molecule has 0 aliphatic rings. The maximum atomic E-state index is 13.2. The van der Waals surface area contributed by atoms with Gasteiger partial charge in [0.15, 0.2) is 0 Å². The number of pyridine rings is 1. The van der Waals surface area contributed by atoms with Crippen LogP contribution in [0.15, 0.2) is 12.3 Å². The smallest absolute Gasteiger partial charge is 0.255 e. The van der Waals surface area contributed by atoms with Crippen LogP contribution >= 0.6 is 0 Å². The summed E-state index contributed by atoms with van der Waals surface area (Å²) in [5.41, 5.74) is 0.149. The lowest BCUT2D eigenvalue weighted by molar-refractivity contribution is 0.0954. The van der Waals surface area contributed by atoms with Gasteiger partial charge in [0.25, 0.3) is 5.91 Å². The first-order valence-electron chi connectivity index (χ1n) is 5.95. The molecule has 0 saturated carbocycles. The van der Waals surface area contributed by atoms with Gasteiger partial charge in [-0.25, -0.2) is 9.37 Å². The highest BCUT2D eigenvalue weighted by Gasteiger charge is 2.15. The molecule has 2 N–H and O–H groups in total. The highest BCUT2D eigenvalue weighted by molar-refractivity contribution is 7.84. The second-order valence-electron chi connectivity index (χ2n) is 4.10. The molecule has 0 aromatic carbocycles. The molecule has 5 nitrogen and oxygen atoms in total. The Balaban J connectivity index is 2.80. The highest BCUT2D eigenvalue weighted by Crippen LogP contribution is 2.13. The number of anilines is 1. The molecule has 2 atom stereocenters. The lowest BCUT2D eigenvalue weighted by atomic mass is 10.2. The quantitative estimate of drug-likeness (QED) is 0.823. The van der Waals surface area contributed by atoms with E-state index in [1.54, 1.807) is 13.2 Å². The van der Waals surface area contributed by atoms with Crippen molar-refractivity contribution in [3.63, 3.8) is 0 Å². The van der Waals surface area contributed by atoms with Crippen molar-refractivity contribution < 1.29 is 13.4 Å². The zero-order valence-electron chi connectivity index (χ0n) is 11.2. The van der Waals surface area contributed by atoms with Crippen molar-refractivity contribution in [3.05, 3.63) is 23.6 Å². The number of amides is 1. The largest absolute Gasteiger partial charge is 0.370 e. The summed E-state index contributed by atoms with van der Waals surface area (Å²) in [4.78, 5) is 15.8. The van der Waals surface area contributed by atoms with Crippen LogP contribution < -0.4 is 10.6 Å². The fourth-order valence-electron chi connectivity index (χ4n) is 1.37. The molecule has 0 radical (unpaired) electrons. The van der Waals surface area contributed by atoms with Gasteiger partial charge in [0, 0.05) is 35.4 Å². The minimum absolute atomic E-state index is 0.149. The molecule has 2 unspecified atom stereocenters. The Hall–Kier alpha value is -1.50. The lowest BCUT2D eigenvalue weighted by Crippen LogP contribution is -2.33. The van der Waals surface area contributed by atoms with E-state index in [1.807, 2.05) is 6.92 Å². The van der Waals surface area contributed by atoms with Crippen LogP contribution in [-0.2, 0) is 10.8 Å². The van der Waals surface area contributed by atoms with E-state index in [-0.39, 0.29) is 17.4 Å². The average Bonchev–Trinajstić information content (AvgIpc) is 2.37. The van der Waals surface area contributed by atoms with Crippen LogP contribution in [0, 0.1) is 5.82 Å². The number of nitrogens with zero attached hydrogens (tertiary/aromatic N) is 1. The minimum atomic E-state index is -1.02. The van der Waals surface area contributed by atoms with Crippen molar-refractivity contribution >= 4 is 22.5 Å². The van der Waals surface area contributed by atoms with E-state index in [2.05, 4.69) is 15.6 Å². The van der Waals surface area contributed by atoms with Crippen LogP contribution in [0.4, 0.5) is 10.2 Å². The molecule has 0 aliphatic carbocycles.